The maximum atomic E-state index is 13.0. The van der Waals surface area contributed by atoms with Crippen molar-refractivity contribution in [2.45, 2.75) is 489 Å². The second kappa shape index (κ2) is 84.0. The third kappa shape index (κ3) is 88.8. The Morgan fingerprint density at radius 3 is 0.825 bits per heavy atom. The van der Waals surface area contributed by atoms with Gasteiger partial charge in [-0.25, -0.2) is 4.57 Å². The van der Waals surface area contributed by atoms with E-state index in [0.717, 1.165) is 57.8 Å². The molecule has 0 radical (unpaired) electrons. The van der Waals surface area contributed by atoms with Crippen molar-refractivity contribution in [2.75, 3.05) is 47.5 Å². The van der Waals surface area contributed by atoms with Crippen LogP contribution in [0.25, 0.3) is 0 Å². The van der Waals surface area contributed by atoms with Crippen molar-refractivity contribution in [1.29, 1.82) is 0 Å². The fraction of sp³-hybridized carbons (Fsp3) is 0.892. The molecule has 0 bridgehead atoms. The van der Waals surface area contributed by atoms with Gasteiger partial charge in [0.05, 0.1) is 27.7 Å². The highest BCUT2D eigenvalue weighted by atomic mass is 31.2. The summed E-state index contributed by atoms with van der Waals surface area (Å²) < 4.78 is 34.9. The summed E-state index contributed by atoms with van der Waals surface area (Å²) >= 11 is 0. The van der Waals surface area contributed by atoms with Crippen LogP contribution in [-0.2, 0) is 32.7 Å². The molecule has 608 valence electrons. The molecule has 2 unspecified atom stereocenters. The van der Waals surface area contributed by atoms with Crippen molar-refractivity contribution in [2.24, 2.45) is 0 Å². The Labute approximate surface area is 643 Å². The van der Waals surface area contributed by atoms with E-state index in [0.29, 0.717) is 23.9 Å². The molecule has 0 heterocycles. The van der Waals surface area contributed by atoms with Crippen molar-refractivity contribution < 1.29 is 42.1 Å². The van der Waals surface area contributed by atoms with Gasteiger partial charge in [-0.3, -0.25) is 18.6 Å². The number of nitrogens with zero attached hydrogens (tertiary/aromatic N) is 1. The third-order valence-electron chi connectivity index (χ3n) is 21.1. The van der Waals surface area contributed by atoms with Crippen molar-refractivity contribution in [3.8, 4) is 0 Å². The number of hydrogen-bond acceptors (Lipinski definition) is 7. The molecular weight excluding hydrogens is 1290 g/mol. The van der Waals surface area contributed by atoms with Gasteiger partial charge in [0.1, 0.15) is 19.8 Å². The molecule has 0 aromatic carbocycles. The first-order valence-corrected chi connectivity index (χ1v) is 47.4. The lowest BCUT2D eigenvalue weighted by atomic mass is 10.0. The Balaban J connectivity index is 3.82. The lowest BCUT2D eigenvalue weighted by Gasteiger charge is -2.24. The number of allylic oxidation sites excluding steroid dienone is 8. The number of phosphoric ester groups is 1. The van der Waals surface area contributed by atoms with Crippen molar-refractivity contribution in [3.05, 3.63) is 48.6 Å². The summed E-state index contributed by atoms with van der Waals surface area (Å²) in [5, 5.41) is 0. The first kappa shape index (κ1) is 101. The molecule has 0 saturated carbocycles. The predicted octanol–water partition coefficient (Wildman–Crippen LogP) is 31.0. The number of phosphoric acid groups is 1. The van der Waals surface area contributed by atoms with E-state index in [9.17, 15) is 19.0 Å². The Kier molecular flexibility index (Phi) is 82.3. The Morgan fingerprint density at radius 1 is 0.311 bits per heavy atom. The van der Waals surface area contributed by atoms with Crippen LogP contribution in [0.1, 0.15) is 483 Å². The number of carbonyl (C=O) groups is 2. The zero-order chi connectivity index (χ0) is 74.7. The SMILES string of the molecule is CC/C=C\C/C=C\C/C=C\C/C=C\CCCCCCCCCCCCCCCCCCCCCCCCCCCCC(=O)OC(COC(=O)CCCCCCCCCCCCCCCCCCCCCCCCCCCCCCCCCCCCCCCCCC)COP(=O)(O)OCC[N+](C)(C)C. The normalized spacial score (nSPS) is 13.1. The van der Waals surface area contributed by atoms with Crippen LogP contribution in [-0.4, -0.2) is 74.9 Å². The number of carbonyl (C=O) groups excluding carboxylic acids is 2. The Hall–Kier alpha value is -2.03. The van der Waals surface area contributed by atoms with E-state index in [-0.39, 0.29) is 25.6 Å². The number of likely N-dealkylation sites (N-methyl/N-ethyl adjacent to an activating group) is 1. The van der Waals surface area contributed by atoms with Gasteiger partial charge in [-0.1, -0.05) is 467 Å². The quantitative estimate of drug-likeness (QED) is 0.0211. The number of rotatable bonds is 87. The molecule has 10 heteroatoms. The minimum atomic E-state index is -4.40. The molecular formula is C93H179NO8P+. The molecule has 0 amide bonds. The van der Waals surface area contributed by atoms with Crippen LogP contribution in [0.5, 0.6) is 0 Å². The smallest absolute Gasteiger partial charge is 0.462 e. The molecule has 1 N–H and O–H groups in total. The molecule has 0 fully saturated rings. The second-order valence-electron chi connectivity index (χ2n) is 32.7. The van der Waals surface area contributed by atoms with E-state index in [4.69, 9.17) is 18.5 Å². The standard InChI is InChI=1S/C93H178NO8P/c1-6-8-10-12-14-16-18-20-22-24-26-28-30-32-34-36-38-40-42-44-46-48-49-51-53-55-57-59-61-63-65-67-69-71-73-75-77-79-81-83-85-92(95)99-89-91(90-101-103(97,98)100-88-87-94(3,4)5)102-93(96)86-84-82-80-78-76-74-72-70-68-66-64-62-60-58-56-54-52-50-47-45-43-41-39-37-35-33-31-29-27-25-23-21-19-17-15-13-11-9-7-2/h9,11,15,17,21,23,27,29,91H,6-8,10,12-14,16,18-20,22,24-26,28,30-90H2,1-5H3/p+1/b11-9-,17-15-,23-21-,29-27-. The van der Waals surface area contributed by atoms with Crippen LogP contribution in [0, 0.1) is 0 Å². The van der Waals surface area contributed by atoms with Crippen LogP contribution in [0.15, 0.2) is 48.6 Å². The van der Waals surface area contributed by atoms with E-state index < -0.39 is 26.5 Å². The number of unbranched alkanes of at least 4 members (excludes halogenated alkanes) is 65. The second-order valence-corrected chi connectivity index (χ2v) is 34.1. The average Bonchev–Trinajstić information content (AvgIpc) is 1.01. The molecule has 0 aliphatic heterocycles. The molecule has 103 heavy (non-hydrogen) atoms. The van der Waals surface area contributed by atoms with Gasteiger partial charge < -0.3 is 18.9 Å². The van der Waals surface area contributed by atoms with Gasteiger partial charge >= 0.3 is 19.8 Å². The van der Waals surface area contributed by atoms with E-state index in [1.54, 1.807) is 0 Å². The molecule has 0 aromatic heterocycles. The van der Waals surface area contributed by atoms with Crippen LogP contribution in [0.3, 0.4) is 0 Å². The van der Waals surface area contributed by atoms with E-state index >= 15 is 0 Å². The third-order valence-corrected chi connectivity index (χ3v) is 22.1. The van der Waals surface area contributed by atoms with Gasteiger partial charge in [-0.15, -0.1) is 0 Å². The fourth-order valence-corrected chi connectivity index (χ4v) is 14.9. The summed E-state index contributed by atoms with van der Waals surface area (Å²) in [6.45, 7) is 4.42. The number of quaternary nitrogens is 1. The molecule has 0 spiro atoms. The summed E-state index contributed by atoms with van der Waals surface area (Å²) in [6, 6.07) is 0. The number of ether oxygens (including phenoxy) is 2. The first-order valence-electron chi connectivity index (χ1n) is 45.9. The minimum absolute atomic E-state index is 0.0357. The van der Waals surface area contributed by atoms with Crippen LogP contribution >= 0.6 is 7.82 Å². The molecule has 9 nitrogen and oxygen atoms in total. The summed E-state index contributed by atoms with van der Waals surface area (Å²) in [6.07, 6.45) is 113. The fourth-order valence-electron chi connectivity index (χ4n) is 14.2. The summed E-state index contributed by atoms with van der Waals surface area (Å²) in [4.78, 5) is 36.1. The highest BCUT2D eigenvalue weighted by molar-refractivity contribution is 7.47. The minimum Gasteiger partial charge on any atom is -0.462 e. The van der Waals surface area contributed by atoms with Gasteiger partial charge in [0, 0.05) is 12.8 Å². The molecule has 0 saturated heterocycles. The van der Waals surface area contributed by atoms with Gasteiger partial charge in [-0.2, -0.15) is 0 Å². The van der Waals surface area contributed by atoms with Gasteiger partial charge in [0.2, 0.25) is 0 Å². The molecule has 0 rings (SSSR count). The van der Waals surface area contributed by atoms with Crippen LogP contribution in [0.4, 0.5) is 0 Å². The molecule has 0 aromatic rings. The largest absolute Gasteiger partial charge is 0.472 e. The summed E-state index contributed by atoms with van der Waals surface area (Å²) in [5.74, 6) is -0.767. The predicted molar refractivity (Wildman–Crippen MR) is 450 cm³/mol. The summed E-state index contributed by atoms with van der Waals surface area (Å²) in [7, 11) is 1.51. The van der Waals surface area contributed by atoms with E-state index in [2.05, 4.69) is 62.5 Å². The van der Waals surface area contributed by atoms with Gasteiger partial charge in [-0.05, 0) is 51.4 Å². The topological polar surface area (TPSA) is 108 Å². The maximum Gasteiger partial charge on any atom is 0.472 e. The molecule has 2 atom stereocenters. The number of hydrogen-bond donors (Lipinski definition) is 1. The molecule has 0 aliphatic rings. The lowest BCUT2D eigenvalue weighted by molar-refractivity contribution is -0.870. The highest BCUT2D eigenvalue weighted by Crippen LogP contribution is 2.43. The van der Waals surface area contributed by atoms with Crippen molar-refractivity contribution >= 4 is 19.8 Å². The Bertz CT molecular complexity index is 1880. The number of esters is 2. The summed E-state index contributed by atoms with van der Waals surface area (Å²) in [5.41, 5.74) is 0. The Morgan fingerprint density at radius 2 is 0.553 bits per heavy atom. The first-order chi connectivity index (χ1) is 50.5. The van der Waals surface area contributed by atoms with Crippen molar-refractivity contribution in [1.82, 2.24) is 0 Å². The van der Waals surface area contributed by atoms with Crippen molar-refractivity contribution in [3.63, 3.8) is 0 Å². The van der Waals surface area contributed by atoms with Gasteiger partial charge in [0.15, 0.2) is 6.10 Å². The zero-order valence-corrected chi connectivity index (χ0v) is 70.7. The van der Waals surface area contributed by atoms with Crippen LogP contribution < -0.4 is 0 Å². The van der Waals surface area contributed by atoms with Gasteiger partial charge in [0.25, 0.3) is 0 Å². The highest BCUT2D eigenvalue weighted by Gasteiger charge is 2.27. The van der Waals surface area contributed by atoms with Crippen LogP contribution in [0.2, 0.25) is 0 Å². The zero-order valence-electron chi connectivity index (χ0n) is 69.8. The average molecular weight is 1470 g/mol. The molecule has 0 aliphatic carbocycles. The van der Waals surface area contributed by atoms with E-state index in [1.807, 2.05) is 21.1 Å². The maximum absolute atomic E-state index is 13.0. The monoisotopic (exact) mass is 1470 g/mol. The van der Waals surface area contributed by atoms with E-state index in [1.165, 1.54) is 392 Å². The lowest BCUT2D eigenvalue weighted by Crippen LogP contribution is -2.37.